The van der Waals surface area contributed by atoms with Crippen LogP contribution in [0.25, 0.3) is 22.8 Å². The van der Waals surface area contributed by atoms with Gasteiger partial charge in [0.1, 0.15) is 0 Å². The summed E-state index contributed by atoms with van der Waals surface area (Å²) < 4.78 is 52.6. The largest absolute Gasteiger partial charge is 0.481 e. The van der Waals surface area contributed by atoms with Crippen LogP contribution in [-0.2, 0) is 22.3 Å². The summed E-state index contributed by atoms with van der Waals surface area (Å²) in [7, 11) is 0. The van der Waals surface area contributed by atoms with E-state index in [1.54, 1.807) is 30.3 Å². The van der Waals surface area contributed by atoms with E-state index in [0.717, 1.165) is 30.9 Å². The quantitative estimate of drug-likeness (QED) is 0.349. The van der Waals surface area contributed by atoms with Crippen molar-refractivity contribution in [3.05, 3.63) is 53.6 Å². The minimum absolute atomic E-state index is 0. The van der Waals surface area contributed by atoms with E-state index in [2.05, 4.69) is 10.1 Å². The van der Waals surface area contributed by atoms with Crippen LogP contribution in [0.4, 0.5) is 18.9 Å². The lowest BCUT2D eigenvalue weighted by Gasteiger charge is -2.37. The molecular formula is C25H27ClF3N3O4. The Morgan fingerprint density at radius 3 is 2.72 bits per heavy atom. The second-order valence-electron chi connectivity index (χ2n) is 8.59. The van der Waals surface area contributed by atoms with Crippen LogP contribution >= 0.6 is 12.4 Å². The van der Waals surface area contributed by atoms with Crippen molar-refractivity contribution in [2.75, 3.05) is 18.1 Å². The molecule has 0 amide bonds. The van der Waals surface area contributed by atoms with Gasteiger partial charge in [0, 0.05) is 29.4 Å². The molecule has 194 valence electrons. The number of anilines is 1. The maximum Gasteiger partial charge on any atom is 0.418 e. The molecule has 1 aliphatic heterocycles. The summed E-state index contributed by atoms with van der Waals surface area (Å²) in [4.78, 5) is 16.7. The molecule has 1 aromatic heterocycles. The van der Waals surface area contributed by atoms with Crippen LogP contribution in [0.5, 0.6) is 0 Å². The predicted octanol–water partition coefficient (Wildman–Crippen LogP) is 6.21. The molecule has 0 radical (unpaired) electrons. The van der Waals surface area contributed by atoms with E-state index < -0.39 is 17.7 Å². The lowest BCUT2D eigenvalue weighted by atomic mass is 9.99. The van der Waals surface area contributed by atoms with Gasteiger partial charge in [-0.25, -0.2) is 0 Å². The first-order chi connectivity index (χ1) is 16.7. The zero-order chi connectivity index (χ0) is 25.0. The Bertz CT molecular complexity index is 1190. The molecule has 0 saturated carbocycles. The van der Waals surface area contributed by atoms with E-state index in [0.29, 0.717) is 12.1 Å². The van der Waals surface area contributed by atoms with Gasteiger partial charge in [0.15, 0.2) is 0 Å². The van der Waals surface area contributed by atoms with E-state index in [1.807, 2.05) is 11.8 Å². The summed E-state index contributed by atoms with van der Waals surface area (Å²) in [6.07, 6.45) is -1.89. The average molecular weight is 526 g/mol. The van der Waals surface area contributed by atoms with Gasteiger partial charge in [-0.3, -0.25) is 4.79 Å². The molecule has 1 atom stereocenters. The zero-order valence-corrected chi connectivity index (χ0v) is 20.4. The minimum atomic E-state index is -4.53. The number of carbonyl (C=O) groups is 1. The second-order valence-corrected chi connectivity index (χ2v) is 8.59. The summed E-state index contributed by atoms with van der Waals surface area (Å²) >= 11 is 0. The number of benzene rings is 2. The number of halogens is 4. The first-order valence-electron chi connectivity index (χ1n) is 11.4. The Morgan fingerprint density at radius 1 is 1.19 bits per heavy atom. The first-order valence-corrected chi connectivity index (χ1v) is 11.4. The van der Waals surface area contributed by atoms with Crippen LogP contribution < -0.4 is 4.90 Å². The molecule has 1 saturated heterocycles. The smallest absolute Gasteiger partial charge is 0.418 e. The minimum Gasteiger partial charge on any atom is -0.481 e. The van der Waals surface area contributed by atoms with Crippen molar-refractivity contribution in [2.45, 2.75) is 51.4 Å². The highest BCUT2D eigenvalue weighted by Crippen LogP contribution is 2.41. The highest BCUT2D eigenvalue weighted by molar-refractivity contribution is 5.85. The molecule has 0 bridgehead atoms. The molecule has 1 N–H and O–H groups in total. The zero-order valence-electron chi connectivity index (χ0n) is 19.6. The number of ether oxygens (including phenoxy) is 1. The van der Waals surface area contributed by atoms with E-state index >= 15 is 0 Å². The number of hydrogen-bond acceptors (Lipinski definition) is 6. The van der Waals surface area contributed by atoms with Crippen LogP contribution in [0.3, 0.4) is 0 Å². The van der Waals surface area contributed by atoms with Crippen LogP contribution in [0.15, 0.2) is 47.0 Å². The molecule has 7 nitrogen and oxygen atoms in total. The normalized spacial score (nSPS) is 16.0. The van der Waals surface area contributed by atoms with Gasteiger partial charge in [0.25, 0.3) is 5.89 Å². The third kappa shape index (κ3) is 6.55. The van der Waals surface area contributed by atoms with Gasteiger partial charge in [-0.15, -0.1) is 12.4 Å². The first kappa shape index (κ1) is 27.5. The number of rotatable bonds is 8. The number of piperidine rings is 1. The van der Waals surface area contributed by atoms with E-state index in [-0.39, 0.29) is 61.0 Å². The van der Waals surface area contributed by atoms with Gasteiger partial charge in [-0.1, -0.05) is 23.4 Å². The van der Waals surface area contributed by atoms with Crippen LogP contribution in [0, 0.1) is 0 Å². The molecule has 0 spiro atoms. The maximum absolute atomic E-state index is 14.0. The SMILES string of the molecule is CC1CCCCN1c1ccc(-c2nc(-c3cccc(COCCC(=O)O)c3)no2)cc1C(F)(F)F.Cl. The fraction of sp³-hybridized carbons (Fsp3) is 0.400. The van der Waals surface area contributed by atoms with Crippen molar-refractivity contribution in [2.24, 2.45) is 0 Å². The molecule has 36 heavy (non-hydrogen) atoms. The Hall–Kier alpha value is -3.11. The Kier molecular flexibility index (Phi) is 8.97. The van der Waals surface area contributed by atoms with Gasteiger partial charge in [0.05, 0.1) is 25.2 Å². The molecule has 1 aliphatic rings. The van der Waals surface area contributed by atoms with Crippen molar-refractivity contribution < 1.29 is 32.3 Å². The van der Waals surface area contributed by atoms with Gasteiger partial charge in [-0.05, 0) is 56.0 Å². The summed E-state index contributed by atoms with van der Waals surface area (Å²) in [6.45, 7) is 2.82. The number of aliphatic carboxylic acids is 1. The Morgan fingerprint density at radius 2 is 2.00 bits per heavy atom. The number of alkyl halides is 3. The fourth-order valence-corrected chi connectivity index (χ4v) is 4.21. The van der Waals surface area contributed by atoms with Crippen molar-refractivity contribution in [1.82, 2.24) is 10.1 Å². The highest BCUT2D eigenvalue weighted by Gasteiger charge is 2.37. The van der Waals surface area contributed by atoms with Gasteiger partial charge < -0.3 is 19.3 Å². The lowest BCUT2D eigenvalue weighted by molar-refractivity contribution is -0.138. The standard InChI is InChI=1S/C25H26F3N3O4.ClH/c1-16-5-2-3-11-31(16)21-9-8-19(14-20(21)25(26,27)28)24-29-23(30-35-24)18-7-4-6-17(13-18)15-34-12-10-22(32)33;/h4,6-9,13-14,16H,2-3,5,10-12,15H2,1H3,(H,32,33);1H. The van der Waals surface area contributed by atoms with Crippen molar-refractivity contribution in [3.8, 4) is 22.8 Å². The van der Waals surface area contributed by atoms with Gasteiger partial charge in [-0.2, -0.15) is 18.2 Å². The van der Waals surface area contributed by atoms with Crippen molar-refractivity contribution in [3.63, 3.8) is 0 Å². The molecular weight excluding hydrogens is 499 g/mol. The van der Waals surface area contributed by atoms with E-state index in [1.165, 1.54) is 6.07 Å². The Balaban J connectivity index is 0.00000361. The molecule has 4 rings (SSSR count). The maximum atomic E-state index is 14.0. The molecule has 2 aromatic carbocycles. The second kappa shape index (κ2) is 11.7. The highest BCUT2D eigenvalue weighted by atomic mass is 35.5. The summed E-state index contributed by atoms with van der Waals surface area (Å²) in [5.74, 6) is -0.716. The Labute approximate surface area is 212 Å². The van der Waals surface area contributed by atoms with Crippen molar-refractivity contribution in [1.29, 1.82) is 0 Å². The average Bonchev–Trinajstić information content (AvgIpc) is 3.32. The molecule has 1 unspecified atom stereocenters. The number of carboxylic acids is 1. The van der Waals surface area contributed by atoms with E-state index in [9.17, 15) is 18.0 Å². The lowest BCUT2D eigenvalue weighted by Crippen LogP contribution is -2.38. The molecule has 2 heterocycles. The fourth-order valence-electron chi connectivity index (χ4n) is 4.21. The molecule has 11 heteroatoms. The number of nitrogens with zero attached hydrogens (tertiary/aromatic N) is 3. The number of hydrogen-bond donors (Lipinski definition) is 1. The van der Waals surface area contributed by atoms with Crippen LogP contribution in [-0.4, -0.2) is 40.4 Å². The summed E-state index contributed by atoms with van der Waals surface area (Å²) in [5, 5.41) is 12.6. The molecule has 3 aromatic rings. The third-order valence-electron chi connectivity index (χ3n) is 6.00. The monoisotopic (exact) mass is 525 g/mol. The van der Waals surface area contributed by atoms with Gasteiger partial charge in [0.2, 0.25) is 5.82 Å². The topological polar surface area (TPSA) is 88.7 Å². The van der Waals surface area contributed by atoms with Gasteiger partial charge >= 0.3 is 12.1 Å². The molecule has 1 fully saturated rings. The summed E-state index contributed by atoms with van der Waals surface area (Å²) in [6, 6.07) is 11.2. The van der Waals surface area contributed by atoms with Crippen molar-refractivity contribution >= 4 is 24.1 Å². The number of aromatic nitrogens is 2. The summed E-state index contributed by atoms with van der Waals surface area (Å²) in [5.41, 5.74) is 1.03. The predicted molar refractivity (Wildman–Crippen MR) is 130 cm³/mol. The number of carboxylic acid groups (broad SMARTS) is 1. The van der Waals surface area contributed by atoms with Crippen LogP contribution in [0.1, 0.15) is 43.7 Å². The van der Waals surface area contributed by atoms with Crippen LogP contribution in [0.2, 0.25) is 0 Å². The van der Waals surface area contributed by atoms with E-state index in [4.69, 9.17) is 14.4 Å². The molecule has 0 aliphatic carbocycles. The third-order valence-corrected chi connectivity index (χ3v) is 6.00.